The number of furan rings is 1. The lowest BCUT2D eigenvalue weighted by Crippen LogP contribution is -2.20. The molecule has 2 aromatic heterocycles. The van der Waals surface area contributed by atoms with Crippen LogP contribution in [0.2, 0.25) is 0 Å². The lowest BCUT2D eigenvalue weighted by molar-refractivity contribution is -0.116. The molecule has 0 atom stereocenters. The summed E-state index contributed by atoms with van der Waals surface area (Å²) in [4.78, 5) is 13.5. The number of ether oxygens (including phenoxy) is 2. The summed E-state index contributed by atoms with van der Waals surface area (Å²) in [5, 5.41) is 5.86. The molecule has 0 spiro atoms. The van der Waals surface area contributed by atoms with Gasteiger partial charge in [-0.3, -0.25) is 4.79 Å². The lowest BCUT2D eigenvalue weighted by atomic mass is 9.99. The Balaban J connectivity index is 1.68. The van der Waals surface area contributed by atoms with Crippen LogP contribution in [0.25, 0.3) is 27.7 Å². The minimum Gasteiger partial charge on any atom is -0.497 e. The average Bonchev–Trinajstić information content (AvgIpc) is 3.46. The van der Waals surface area contributed by atoms with E-state index in [2.05, 4.69) is 5.32 Å². The normalized spacial score (nSPS) is 11.5. The van der Waals surface area contributed by atoms with Crippen molar-refractivity contribution >= 4 is 33.8 Å². The van der Waals surface area contributed by atoms with Crippen LogP contribution in [0.15, 0.2) is 70.7 Å². The third-order valence-electron chi connectivity index (χ3n) is 5.07. The topological polar surface area (TPSA) is 60.7 Å². The van der Waals surface area contributed by atoms with Crippen LogP contribution in [0.4, 0.5) is 0 Å². The number of fused-ring (bicyclic) bond motifs is 1. The molecule has 1 N–H and O–H groups in total. The largest absolute Gasteiger partial charge is 0.497 e. The molecule has 0 aliphatic rings. The summed E-state index contributed by atoms with van der Waals surface area (Å²) in [5.74, 6) is 1.28. The molecule has 31 heavy (non-hydrogen) atoms. The highest BCUT2D eigenvalue weighted by atomic mass is 32.1. The maximum Gasteiger partial charge on any atom is 0.244 e. The third kappa shape index (κ3) is 4.49. The van der Waals surface area contributed by atoms with Crippen molar-refractivity contribution < 1.29 is 18.7 Å². The molecule has 5 nitrogen and oxygen atoms in total. The smallest absolute Gasteiger partial charge is 0.244 e. The molecule has 158 valence electrons. The van der Waals surface area contributed by atoms with Crippen LogP contribution in [0.5, 0.6) is 11.5 Å². The predicted octanol–water partition coefficient (Wildman–Crippen LogP) is 5.90. The van der Waals surface area contributed by atoms with Gasteiger partial charge in [0.25, 0.3) is 0 Å². The SMILES string of the molecule is COc1cccc(-c2coc3cc(OC)c(/C(C)=C/C(=O)NCc4cccs4)cc23)c1. The van der Waals surface area contributed by atoms with Crippen molar-refractivity contribution in [3.8, 4) is 22.6 Å². The molecule has 0 unspecified atom stereocenters. The van der Waals surface area contributed by atoms with Crippen LogP contribution in [0.1, 0.15) is 17.4 Å². The number of allylic oxidation sites excluding steroid dienone is 1. The summed E-state index contributed by atoms with van der Waals surface area (Å²) in [6.07, 6.45) is 3.33. The molecule has 0 radical (unpaired) electrons. The van der Waals surface area contributed by atoms with E-state index in [-0.39, 0.29) is 5.91 Å². The number of hydrogen-bond donors (Lipinski definition) is 1. The number of amides is 1. The van der Waals surface area contributed by atoms with Gasteiger partial charge < -0.3 is 19.2 Å². The molecular formula is C25H23NO4S. The Labute approximate surface area is 184 Å². The predicted molar refractivity (Wildman–Crippen MR) is 125 cm³/mol. The Morgan fingerprint density at radius 2 is 2.00 bits per heavy atom. The number of nitrogens with one attached hydrogen (secondary N) is 1. The number of thiophene rings is 1. The zero-order chi connectivity index (χ0) is 21.8. The molecule has 4 rings (SSSR count). The van der Waals surface area contributed by atoms with Gasteiger partial charge in [-0.2, -0.15) is 0 Å². The van der Waals surface area contributed by atoms with Gasteiger partial charge in [-0.15, -0.1) is 11.3 Å². The van der Waals surface area contributed by atoms with E-state index in [1.807, 2.05) is 60.8 Å². The summed E-state index contributed by atoms with van der Waals surface area (Å²) in [5.41, 5.74) is 4.30. The van der Waals surface area contributed by atoms with Gasteiger partial charge in [-0.05, 0) is 47.7 Å². The van der Waals surface area contributed by atoms with Crippen LogP contribution in [0.3, 0.4) is 0 Å². The highest BCUT2D eigenvalue weighted by Gasteiger charge is 2.15. The van der Waals surface area contributed by atoms with E-state index in [1.54, 1.807) is 37.9 Å². The van der Waals surface area contributed by atoms with Crippen LogP contribution in [0, 0.1) is 0 Å². The van der Waals surface area contributed by atoms with E-state index in [9.17, 15) is 4.79 Å². The van der Waals surface area contributed by atoms with Crippen molar-refractivity contribution in [3.63, 3.8) is 0 Å². The summed E-state index contributed by atoms with van der Waals surface area (Å²) in [6.45, 7) is 2.41. The van der Waals surface area contributed by atoms with Crippen molar-refractivity contribution in [1.82, 2.24) is 5.32 Å². The maximum atomic E-state index is 12.4. The van der Waals surface area contributed by atoms with Crippen LogP contribution >= 0.6 is 11.3 Å². The van der Waals surface area contributed by atoms with Gasteiger partial charge in [0.1, 0.15) is 17.1 Å². The molecule has 0 aliphatic heterocycles. The van der Waals surface area contributed by atoms with Gasteiger partial charge in [0.2, 0.25) is 5.91 Å². The zero-order valence-corrected chi connectivity index (χ0v) is 18.4. The number of carbonyl (C=O) groups excluding carboxylic acids is 1. The second-order valence-electron chi connectivity index (χ2n) is 7.05. The van der Waals surface area contributed by atoms with E-state index in [1.165, 1.54) is 0 Å². The number of benzene rings is 2. The molecule has 0 saturated carbocycles. The minimum atomic E-state index is -0.145. The minimum absolute atomic E-state index is 0.145. The van der Waals surface area contributed by atoms with Crippen molar-refractivity contribution in [2.45, 2.75) is 13.5 Å². The van der Waals surface area contributed by atoms with Crippen LogP contribution in [-0.2, 0) is 11.3 Å². The van der Waals surface area contributed by atoms with Gasteiger partial charge in [-0.25, -0.2) is 0 Å². The fourth-order valence-electron chi connectivity index (χ4n) is 3.46. The van der Waals surface area contributed by atoms with Gasteiger partial charge in [0.15, 0.2) is 0 Å². The highest BCUT2D eigenvalue weighted by Crippen LogP contribution is 2.38. The van der Waals surface area contributed by atoms with E-state index in [4.69, 9.17) is 13.9 Å². The molecule has 0 saturated heterocycles. The Kier molecular flexibility index (Phi) is 6.09. The molecular weight excluding hydrogens is 410 g/mol. The van der Waals surface area contributed by atoms with Gasteiger partial charge >= 0.3 is 0 Å². The Bertz CT molecular complexity index is 1240. The number of methoxy groups -OCH3 is 2. The first kappa shape index (κ1) is 20.8. The molecule has 2 heterocycles. The molecule has 0 bridgehead atoms. The van der Waals surface area contributed by atoms with Crippen molar-refractivity contribution in [1.29, 1.82) is 0 Å². The summed E-state index contributed by atoms with van der Waals surface area (Å²) in [6, 6.07) is 15.7. The van der Waals surface area contributed by atoms with Crippen molar-refractivity contribution in [2.75, 3.05) is 14.2 Å². The quantitative estimate of drug-likeness (QED) is 0.369. The molecule has 0 aliphatic carbocycles. The molecule has 0 fully saturated rings. The maximum absolute atomic E-state index is 12.4. The molecule has 6 heteroatoms. The number of hydrogen-bond acceptors (Lipinski definition) is 5. The summed E-state index contributed by atoms with van der Waals surface area (Å²) in [7, 11) is 3.26. The van der Waals surface area contributed by atoms with Crippen molar-refractivity contribution in [3.05, 3.63) is 76.7 Å². The Hall–Kier alpha value is -3.51. The molecule has 2 aromatic carbocycles. The fraction of sp³-hybridized carbons (Fsp3) is 0.160. The standard InChI is InChI=1S/C25H23NO4S/c1-16(10-25(27)26-14-19-8-5-9-31-19)20-12-21-22(15-30-24(21)13-23(20)29-3)17-6-4-7-18(11-17)28-2/h4-13,15H,14H2,1-3H3,(H,26,27)/b16-10+. The Morgan fingerprint density at radius 1 is 1.13 bits per heavy atom. The van der Waals surface area contributed by atoms with E-state index in [0.29, 0.717) is 17.9 Å². The van der Waals surface area contributed by atoms with Gasteiger partial charge in [-0.1, -0.05) is 18.2 Å². The monoisotopic (exact) mass is 433 g/mol. The fourth-order valence-corrected chi connectivity index (χ4v) is 4.10. The third-order valence-corrected chi connectivity index (χ3v) is 5.94. The van der Waals surface area contributed by atoms with Crippen LogP contribution < -0.4 is 14.8 Å². The van der Waals surface area contributed by atoms with Gasteiger partial charge in [0.05, 0.1) is 27.0 Å². The molecule has 1 amide bonds. The van der Waals surface area contributed by atoms with E-state index < -0.39 is 0 Å². The summed E-state index contributed by atoms with van der Waals surface area (Å²) >= 11 is 1.62. The highest BCUT2D eigenvalue weighted by molar-refractivity contribution is 7.09. The van der Waals surface area contributed by atoms with Gasteiger partial charge in [0, 0.05) is 33.5 Å². The second kappa shape index (κ2) is 9.10. The number of rotatable bonds is 7. The number of carbonyl (C=O) groups is 1. The first-order valence-electron chi connectivity index (χ1n) is 9.81. The molecule has 4 aromatic rings. The van der Waals surface area contributed by atoms with E-state index >= 15 is 0 Å². The first-order chi connectivity index (χ1) is 15.1. The Morgan fingerprint density at radius 3 is 2.74 bits per heavy atom. The van der Waals surface area contributed by atoms with Crippen molar-refractivity contribution in [2.24, 2.45) is 0 Å². The van der Waals surface area contributed by atoms with Crippen LogP contribution in [-0.4, -0.2) is 20.1 Å². The second-order valence-corrected chi connectivity index (χ2v) is 8.09. The lowest BCUT2D eigenvalue weighted by Gasteiger charge is -2.10. The van der Waals surface area contributed by atoms with E-state index in [0.717, 1.165) is 38.3 Å². The average molecular weight is 434 g/mol. The summed E-state index contributed by atoms with van der Waals surface area (Å²) < 4.78 is 16.7. The zero-order valence-electron chi connectivity index (χ0n) is 17.6. The first-order valence-corrected chi connectivity index (χ1v) is 10.7.